The van der Waals surface area contributed by atoms with E-state index in [2.05, 4.69) is 15.8 Å². The third kappa shape index (κ3) is 3.55. The minimum atomic E-state index is -0.431. The summed E-state index contributed by atoms with van der Waals surface area (Å²) in [6, 6.07) is 9.68. The molecule has 0 atom stereocenters. The van der Waals surface area contributed by atoms with Crippen LogP contribution >= 0.6 is 11.6 Å². The SMILES string of the molecule is Cc1ccc(C(=O)NNC(=O)c2ccc(Cl)cc2)cn1. The Morgan fingerprint density at radius 3 is 2.05 bits per heavy atom. The van der Waals surface area contributed by atoms with E-state index in [0.29, 0.717) is 16.1 Å². The number of carbonyl (C=O) groups is 2. The zero-order chi connectivity index (χ0) is 14.5. The first-order valence-electron chi connectivity index (χ1n) is 5.85. The number of hydrogen-bond donors (Lipinski definition) is 2. The van der Waals surface area contributed by atoms with Crippen LogP contribution in [0.5, 0.6) is 0 Å². The third-order valence-corrected chi connectivity index (χ3v) is 2.82. The van der Waals surface area contributed by atoms with Gasteiger partial charge in [0.2, 0.25) is 0 Å². The van der Waals surface area contributed by atoms with E-state index in [4.69, 9.17) is 11.6 Å². The molecule has 0 saturated heterocycles. The van der Waals surface area contributed by atoms with E-state index in [1.165, 1.54) is 6.20 Å². The summed E-state index contributed by atoms with van der Waals surface area (Å²) >= 11 is 5.73. The van der Waals surface area contributed by atoms with Crippen molar-refractivity contribution in [3.63, 3.8) is 0 Å². The van der Waals surface area contributed by atoms with Crippen LogP contribution in [0.4, 0.5) is 0 Å². The first-order chi connectivity index (χ1) is 9.56. The van der Waals surface area contributed by atoms with Crippen LogP contribution in [0.25, 0.3) is 0 Å². The molecule has 0 saturated carbocycles. The summed E-state index contributed by atoms with van der Waals surface area (Å²) in [6.45, 7) is 1.82. The van der Waals surface area contributed by atoms with Gasteiger partial charge < -0.3 is 0 Å². The molecule has 6 heteroatoms. The molecular formula is C14H12ClN3O2. The Hall–Kier alpha value is -2.40. The predicted molar refractivity (Wildman–Crippen MR) is 75.4 cm³/mol. The monoisotopic (exact) mass is 289 g/mol. The van der Waals surface area contributed by atoms with Crippen molar-refractivity contribution in [2.24, 2.45) is 0 Å². The van der Waals surface area contributed by atoms with E-state index in [9.17, 15) is 9.59 Å². The Morgan fingerprint density at radius 2 is 1.50 bits per heavy atom. The second-order valence-electron chi connectivity index (χ2n) is 4.10. The molecule has 2 rings (SSSR count). The Labute approximate surface area is 120 Å². The van der Waals surface area contributed by atoms with Crippen LogP contribution in [0, 0.1) is 6.92 Å². The summed E-state index contributed by atoms with van der Waals surface area (Å²) in [4.78, 5) is 27.5. The number of aryl methyl sites for hydroxylation is 1. The van der Waals surface area contributed by atoms with Crippen molar-refractivity contribution in [1.29, 1.82) is 0 Å². The van der Waals surface area contributed by atoms with E-state index < -0.39 is 11.8 Å². The molecule has 102 valence electrons. The number of halogens is 1. The lowest BCUT2D eigenvalue weighted by Crippen LogP contribution is -2.41. The van der Waals surface area contributed by atoms with E-state index >= 15 is 0 Å². The summed E-state index contributed by atoms with van der Waals surface area (Å²) in [7, 11) is 0. The van der Waals surface area contributed by atoms with Crippen molar-refractivity contribution in [2.75, 3.05) is 0 Å². The fraction of sp³-hybridized carbons (Fsp3) is 0.0714. The van der Waals surface area contributed by atoms with E-state index in [1.54, 1.807) is 36.4 Å². The molecule has 0 radical (unpaired) electrons. The molecule has 0 aliphatic rings. The number of nitrogens with one attached hydrogen (secondary N) is 2. The van der Waals surface area contributed by atoms with Crippen molar-refractivity contribution in [3.8, 4) is 0 Å². The number of aromatic nitrogens is 1. The smallest absolute Gasteiger partial charge is 0.267 e. The molecule has 0 fully saturated rings. The zero-order valence-corrected chi connectivity index (χ0v) is 11.4. The molecule has 1 aromatic carbocycles. The van der Waals surface area contributed by atoms with Crippen molar-refractivity contribution in [3.05, 3.63) is 64.4 Å². The first kappa shape index (κ1) is 14.0. The van der Waals surface area contributed by atoms with Crippen LogP contribution in [0.1, 0.15) is 26.4 Å². The van der Waals surface area contributed by atoms with Crippen LogP contribution in [0.15, 0.2) is 42.6 Å². The summed E-state index contributed by atoms with van der Waals surface area (Å²) in [6.07, 6.45) is 1.44. The molecule has 2 aromatic rings. The number of pyridine rings is 1. The van der Waals surface area contributed by atoms with E-state index in [0.717, 1.165) is 5.69 Å². The second-order valence-corrected chi connectivity index (χ2v) is 4.54. The van der Waals surface area contributed by atoms with Gasteiger partial charge in [0.05, 0.1) is 5.56 Å². The Kier molecular flexibility index (Phi) is 4.32. The number of hydrazine groups is 1. The van der Waals surface area contributed by atoms with Crippen LogP contribution in [0.3, 0.4) is 0 Å². The highest BCUT2D eigenvalue weighted by Gasteiger charge is 2.09. The summed E-state index contributed by atoms with van der Waals surface area (Å²) in [5.74, 6) is -0.852. The number of benzene rings is 1. The predicted octanol–water partition coefficient (Wildman–Crippen LogP) is 2.12. The zero-order valence-electron chi connectivity index (χ0n) is 10.7. The van der Waals surface area contributed by atoms with Crippen LogP contribution < -0.4 is 10.9 Å². The number of rotatable bonds is 2. The molecule has 1 aromatic heterocycles. The summed E-state index contributed by atoms with van der Waals surface area (Å²) in [5.41, 5.74) is 6.22. The average Bonchev–Trinajstić information content (AvgIpc) is 2.46. The maximum Gasteiger partial charge on any atom is 0.271 e. The summed E-state index contributed by atoms with van der Waals surface area (Å²) < 4.78 is 0. The second kappa shape index (κ2) is 6.16. The third-order valence-electron chi connectivity index (χ3n) is 2.57. The van der Waals surface area contributed by atoms with Gasteiger partial charge >= 0.3 is 0 Å². The number of amides is 2. The number of hydrogen-bond acceptors (Lipinski definition) is 3. The Morgan fingerprint density at radius 1 is 0.950 bits per heavy atom. The van der Waals surface area contributed by atoms with Crippen molar-refractivity contribution >= 4 is 23.4 Å². The van der Waals surface area contributed by atoms with E-state index in [1.807, 2.05) is 6.92 Å². The molecular weight excluding hydrogens is 278 g/mol. The standard InChI is InChI=1S/C14H12ClN3O2/c1-9-2-3-11(8-16-9)14(20)18-17-13(19)10-4-6-12(15)7-5-10/h2-8H,1H3,(H,17,19)(H,18,20). The fourth-order valence-electron chi connectivity index (χ4n) is 1.46. The maximum absolute atomic E-state index is 11.8. The normalized spacial score (nSPS) is 9.90. The first-order valence-corrected chi connectivity index (χ1v) is 6.23. The molecule has 0 spiro atoms. The van der Waals surface area contributed by atoms with Gasteiger partial charge in [-0.15, -0.1) is 0 Å². The topological polar surface area (TPSA) is 71.1 Å². The molecule has 0 aliphatic carbocycles. The highest BCUT2D eigenvalue weighted by molar-refractivity contribution is 6.30. The van der Waals surface area contributed by atoms with Crippen molar-refractivity contribution < 1.29 is 9.59 Å². The lowest BCUT2D eigenvalue weighted by molar-refractivity contribution is 0.0846. The minimum Gasteiger partial charge on any atom is -0.267 e. The Bertz CT molecular complexity index is 566. The molecule has 5 nitrogen and oxygen atoms in total. The molecule has 0 unspecified atom stereocenters. The molecule has 1 heterocycles. The van der Waals surface area contributed by atoms with Crippen molar-refractivity contribution in [1.82, 2.24) is 15.8 Å². The average molecular weight is 290 g/mol. The van der Waals surface area contributed by atoms with Crippen LogP contribution in [0.2, 0.25) is 5.02 Å². The molecule has 0 bridgehead atoms. The van der Waals surface area contributed by atoms with Gasteiger partial charge in [-0.2, -0.15) is 0 Å². The van der Waals surface area contributed by atoms with Crippen molar-refractivity contribution in [2.45, 2.75) is 6.92 Å². The van der Waals surface area contributed by atoms with Crippen LogP contribution in [-0.2, 0) is 0 Å². The minimum absolute atomic E-state index is 0.368. The lowest BCUT2D eigenvalue weighted by atomic mass is 10.2. The Balaban J connectivity index is 1.94. The molecule has 20 heavy (non-hydrogen) atoms. The fourth-order valence-corrected chi connectivity index (χ4v) is 1.59. The lowest BCUT2D eigenvalue weighted by Gasteiger charge is -2.07. The highest BCUT2D eigenvalue weighted by atomic mass is 35.5. The van der Waals surface area contributed by atoms with Gasteiger partial charge in [-0.1, -0.05) is 11.6 Å². The largest absolute Gasteiger partial charge is 0.271 e. The highest BCUT2D eigenvalue weighted by Crippen LogP contribution is 2.09. The van der Waals surface area contributed by atoms with Gasteiger partial charge in [0.1, 0.15) is 0 Å². The van der Waals surface area contributed by atoms with Gasteiger partial charge in [0.25, 0.3) is 11.8 Å². The van der Waals surface area contributed by atoms with Gasteiger partial charge in [0, 0.05) is 22.5 Å². The van der Waals surface area contributed by atoms with Gasteiger partial charge in [-0.3, -0.25) is 25.4 Å². The molecule has 2 N–H and O–H groups in total. The number of nitrogens with zero attached hydrogens (tertiary/aromatic N) is 1. The van der Waals surface area contributed by atoms with Gasteiger partial charge in [-0.25, -0.2) is 0 Å². The van der Waals surface area contributed by atoms with Gasteiger partial charge in [-0.05, 0) is 43.3 Å². The summed E-state index contributed by atoms with van der Waals surface area (Å²) in [5, 5.41) is 0.538. The maximum atomic E-state index is 11.8. The molecule has 2 amide bonds. The quantitative estimate of drug-likeness (QED) is 0.832. The number of carbonyl (C=O) groups excluding carboxylic acids is 2. The molecule has 0 aliphatic heterocycles. The van der Waals surface area contributed by atoms with Crippen LogP contribution in [-0.4, -0.2) is 16.8 Å². The van der Waals surface area contributed by atoms with Gasteiger partial charge in [0.15, 0.2) is 0 Å². The van der Waals surface area contributed by atoms with E-state index in [-0.39, 0.29) is 0 Å².